The van der Waals surface area contributed by atoms with Gasteiger partial charge in [-0.15, -0.1) is 0 Å². The monoisotopic (exact) mass is 262 g/mol. The normalized spacial score (nSPS) is 18.6. The number of nitrogens with zero attached hydrogens (tertiary/aromatic N) is 3. The molecule has 2 heterocycles. The van der Waals surface area contributed by atoms with Crippen LogP contribution in [0.3, 0.4) is 0 Å². The molecule has 0 spiro atoms. The average Bonchev–Trinajstić information content (AvgIpc) is 2.49. The number of hydrogen-bond donors (Lipinski definition) is 1. The summed E-state index contributed by atoms with van der Waals surface area (Å²) in [7, 11) is 1.94. The highest BCUT2D eigenvalue weighted by molar-refractivity contribution is 5.30. The molecule has 2 rings (SSSR count). The molecule has 1 aliphatic rings. The van der Waals surface area contributed by atoms with Crippen molar-refractivity contribution in [2.75, 3.05) is 25.0 Å². The van der Waals surface area contributed by atoms with Crippen LogP contribution in [0.1, 0.15) is 45.1 Å². The maximum atomic E-state index is 4.50. The molecule has 0 aromatic carbocycles. The molecular weight excluding hydrogens is 236 g/mol. The van der Waals surface area contributed by atoms with Crippen LogP contribution < -0.4 is 10.2 Å². The van der Waals surface area contributed by atoms with E-state index in [9.17, 15) is 0 Å². The van der Waals surface area contributed by atoms with Crippen LogP contribution >= 0.6 is 0 Å². The molecule has 0 aliphatic carbocycles. The van der Waals surface area contributed by atoms with Gasteiger partial charge in [0.25, 0.3) is 0 Å². The summed E-state index contributed by atoms with van der Waals surface area (Å²) in [5.41, 5.74) is 1.70. The number of nitrogens with one attached hydrogen (secondary N) is 1. The predicted octanol–water partition coefficient (Wildman–Crippen LogP) is 2.60. The highest BCUT2D eigenvalue weighted by atomic mass is 15.2. The first-order valence-electron chi connectivity index (χ1n) is 7.43. The molecule has 0 radical (unpaired) electrons. The van der Waals surface area contributed by atoms with Gasteiger partial charge in [-0.3, -0.25) is 0 Å². The minimum Gasteiger partial charge on any atom is -0.341 e. The van der Waals surface area contributed by atoms with Gasteiger partial charge in [-0.2, -0.15) is 0 Å². The fourth-order valence-electron chi connectivity index (χ4n) is 2.94. The van der Waals surface area contributed by atoms with E-state index in [1.165, 1.54) is 25.7 Å². The Balaban J connectivity index is 1.97. The third-order valence-corrected chi connectivity index (χ3v) is 4.68. The Bertz CT molecular complexity index is 374. The van der Waals surface area contributed by atoms with E-state index in [1.54, 1.807) is 0 Å². The quantitative estimate of drug-likeness (QED) is 0.885. The molecular formula is C15H26N4. The molecule has 1 aromatic rings. The van der Waals surface area contributed by atoms with E-state index >= 15 is 0 Å². The highest BCUT2D eigenvalue weighted by Gasteiger charge is 2.31. The van der Waals surface area contributed by atoms with Gasteiger partial charge in [-0.25, -0.2) is 9.97 Å². The van der Waals surface area contributed by atoms with E-state index < -0.39 is 0 Å². The second-order valence-corrected chi connectivity index (χ2v) is 5.62. The Hall–Kier alpha value is -1.16. The highest BCUT2D eigenvalue weighted by Crippen LogP contribution is 2.38. The van der Waals surface area contributed by atoms with Crippen molar-refractivity contribution in [2.45, 2.75) is 46.1 Å². The van der Waals surface area contributed by atoms with E-state index in [1.807, 2.05) is 19.4 Å². The molecule has 19 heavy (non-hydrogen) atoms. The van der Waals surface area contributed by atoms with Crippen LogP contribution in [-0.2, 0) is 6.54 Å². The Morgan fingerprint density at radius 3 is 2.21 bits per heavy atom. The topological polar surface area (TPSA) is 41.1 Å². The third kappa shape index (κ3) is 3.24. The van der Waals surface area contributed by atoms with Gasteiger partial charge in [-0.1, -0.05) is 26.7 Å². The average molecular weight is 262 g/mol. The van der Waals surface area contributed by atoms with Gasteiger partial charge in [0.05, 0.1) is 0 Å². The maximum absolute atomic E-state index is 4.50. The van der Waals surface area contributed by atoms with Gasteiger partial charge in [0.2, 0.25) is 5.95 Å². The molecule has 0 amide bonds. The number of hydrogen-bond acceptors (Lipinski definition) is 4. The lowest BCUT2D eigenvalue weighted by Gasteiger charge is -2.41. The van der Waals surface area contributed by atoms with E-state index in [0.717, 1.165) is 31.1 Å². The molecule has 1 saturated heterocycles. The molecule has 4 heteroatoms. The van der Waals surface area contributed by atoms with Crippen LogP contribution in [0.5, 0.6) is 0 Å². The van der Waals surface area contributed by atoms with E-state index in [0.29, 0.717) is 5.41 Å². The molecule has 0 saturated carbocycles. The zero-order valence-corrected chi connectivity index (χ0v) is 12.4. The molecule has 106 valence electrons. The van der Waals surface area contributed by atoms with E-state index in [2.05, 4.69) is 34.0 Å². The van der Waals surface area contributed by atoms with Gasteiger partial charge >= 0.3 is 0 Å². The SMILES string of the molecule is CCC1(CC)CCN(c2ncc(CNC)cn2)CC1. The van der Waals surface area contributed by atoms with Crippen molar-refractivity contribution in [3.8, 4) is 0 Å². The van der Waals surface area contributed by atoms with Crippen molar-refractivity contribution < 1.29 is 0 Å². The Kier molecular flexibility index (Phi) is 4.75. The van der Waals surface area contributed by atoms with Gasteiger partial charge in [0.15, 0.2) is 0 Å². The van der Waals surface area contributed by atoms with Crippen LogP contribution in [-0.4, -0.2) is 30.1 Å². The first-order valence-corrected chi connectivity index (χ1v) is 7.43. The summed E-state index contributed by atoms with van der Waals surface area (Å²) in [6.45, 7) is 7.65. The molecule has 1 N–H and O–H groups in total. The molecule has 0 unspecified atom stereocenters. The first-order chi connectivity index (χ1) is 9.23. The number of rotatable bonds is 5. The number of piperidine rings is 1. The maximum Gasteiger partial charge on any atom is 0.225 e. The second kappa shape index (κ2) is 6.33. The lowest BCUT2D eigenvalue weighted by atomic mass is 9.74. The summed E-state index contributed by atoms with van der Waals surface area (Å²) >= 11 is 0. The molecule has 1 aliphatic heterocycles. The van der Waals surface area contributed by atoms with Gasteiger partial charge in [-0.05, 0) is 25.3 Å². The summed E-state index contributed by atoms with van der Waals surface area (Å²) in [5, 5.41) is 3.12. The number of anilines is 1. The van der Waals surface area contributed by atoms with Gasteiger partial charge < -0.3 is 10.2 Å². The van der Waals surface area contributed by atoms with Crippen molar-refractivity contribution in [1.82, 2.24) is 15.3 Å². The van der Waals surface area contributed by atoms with E-state index in [-0.39, 0.29) is 0 Å². The van der Waals surface area contributed by atoms with Crippen LogP contribution in [0, 0.1) is 5.41 Å². The van der Waals surface area contributed by atoms with Crippen LogP contribution in [0.4, 0.5) is 5.95 Å². The van der Waals surface area contributed by atoms with Gasteiger partial charge in [0, 0.05) is 37.6 Å². The predicted molar refractivity (Wildman–Crippen MR) is 79.3 cm³/mol. The van der Waals surface area contributed by atoms with Crippen LogP contribution in [0.15, 0.2) is 12.4 Å². The molecule has 1 fully saturated rings. The van der Waals surface area contributed by atoms with E-state index in [4.69, 9.17) is 0 Å². The second-order valence-electron chi connectivity index (χ2n) is 5.62. The van der Waals surface area contributed by atoms with Crippen molar-refractivity contribution in [3.63, 3.8) is 0 Å². The third-order valence-electron chi connectivity index (χ3n) is 4.68. The van der Waals surface area contributed by atoms with Gasteiger partial charge in [0.1, 0.15) is 0 Å². The summed E-state index contributed by atoms with van der Waals surface area (Å²) in [6, 6.07) is 0. The fourth-order valence-corrected chi connectivity index (χ4v) is 2.94. The zero-order valence-electron chi connectivity index (χ0n) is 12.4. The van der Waals surface area contributed by atoms with Crippen LogP contribution in [0.25, 0.3) is 0 Å². The molecule has 0 bridgehead atoms. The molecule has 4 nitrogen and oxygen atoms in total. The first kappa shape index (κ1) is 14.3. The lowest BCUT2D eigenvalue weighted by molar-refractivity contribution is 0.198. The molecule has 1 aromatic heterocycles. The zero-order chi connectivity index (χ0) is 13.7. The standard InChI is InChI=1S/C15H26N4/c1-4-15(5-2)6-8-19(9-7-15)14-17-11-13(10-16-3)12-18-14/h11-12,16H,4-10H2,1-3H3. The van der Waals surface area contributed by atoms with Crippen LogP contribution in [0.2, 0.25) is 0 Å². The minimum absolute atomic E-state index is 0.558. The minimum atomic E-state index is 0.558. The Morgan fingerprint density at radius 1 is 1.16 bits per heavy atom. The van der Waals surface area contributed by atoms with Crippen molar-refractivity contribution in [2.24, 2.45) is 5.41 Å². The largest absolute Gasteiger partial charge is 0.341 e. The summed E-state index contributed by atoms with van der Waals surface area (Å²) < 4.78 is 0. The Labute approximate surface area is 116 Å². The van der Waals surface area contributed by atoms with Crippen molar-refractivity contribution >= 4 is 5.95 Å². The molecule has 0 atom stereocenters. The van der Waals surface area contributed by atoms with Crippen molar-refractivity contribution in [1.29, 1.82) is 0 Å². The Morgan fingerprint density at radius 2 is 1.74 bits per heavy atom. The summed E-state index contributed by atoms with van der Waals surface area (Å²) in [5.74, 6) is 0.889. The summed E-state index contributed by atoms with van der Waals surface area (Å²) in [6.07, 6.45) is 8.97. The number of aromatic nitrogens is 2. The lowest BCUT2D eigenvalue weighted by Crippen LogP contribution is -2.40. The fraction of sp³-hybridized carbons (Fsp3) is 0.733. The van der Waals surface area contributed by atoms with Crippen molar-refractivity contribution in [3.05, 3.63) is 18.0 Å². The smallest absolute Gasteiger partial charge is 0.225 e. The summed E-state index contributed by atoms with van der Waals surface area (Å²) in [4.78, 5) is 11.3.